The van der Waals surface area contributed by atoms with Gasteiger partial charge in [0.25, 0.3) is 0 Å². The van der Waals surface area contributed by atoms with Crippen LogP contribution in [-0.4, -0.2) is 36.3 Å². The smallest absolute Gasteiger partial charge is 0.119 e. The number of unbranched alkanes of at least 4 members (excludes halogenated alkanes) is 1. The van der Waals surface area contributed by atoms with Crippen LogP contribution in [0.3, 0.4) is 0 Å². The van der Waals surface area contributed by atoms with Crippen LogP contribution < -0.4 is 4.74 Å². The van der Waals surface area contributed by atoms with Gasteiger partial charge in [-0.05, 0) is 78.2 Å². The van der Waals surface area contributed by atoms with Crippen molar-refractivity contribution in [3.8, 4) is 5.75 Å². The monoisotopic (exact) mass is 572 g/mol. The summed E-state index contributed by atoms with van der Waals surface area (Å²) in [4.78, 5) is 23.2. The molecule has 5 aromatic rings. The van der Waals surface area contributed by atoms with Crippen molar-refractivity contribution in [1.29, 1.82) is 0 Å². The van der Waals surface area contributed by atoms with Crippen LogP contribution in [0.5, 0.6) is 5.75 Å². The molecule has 5 rings (SSSR count). The van der Waals surface area contributed by atoms with Crippen molar-refractivity contribution in [2.75, 3.05) is 6.61 Å². The number of rotatable bonds is 16. The lowest BCUT2D eigenvalue weighted by molar-refractivity contribution is 0.236. The maximum absolute atomic E-state index is 6.28. The van der Waals surface area contributed by atoms with E-state index in [4.69, 9.17) is 4.74 Å². The number of hydrogen-bond acceptors (Lipinski definition) is 7. The third-order valence-electron chi connectivity index (χ3n) is 7.05. The minimum absolute atomic E-state index is 0.705. The van der Waals surface area contributed by atoms with Crippen LogP contribution in [0.25, 0.3) is 0 Å². The fraction of sp³-hybridized carbons (Fsp3) is 0.278. The van der Waals surface area contributed by atoms with E-state index in [1.54, 1.807) is 0 Å². The molecule has 0 spiro atoms. The summed E-state index contributed by atoms with van der Waals surface area (Å²) in [5.74, 6) is 0.909. The highest BCUT2D eigenvalue weighted by molar-refractivity contribution is 5.35. The number of benzene rings is 1. The standard InChI is InChI=1S/C36H40N6O/c1-2-3-20-43-36-22-30(24-41(26-32-12-4-8-16-37-32)27-33-13-5-9-17-38-33)21-31(23-36)25-42(28-34-14-6-10-18-39-34)29-35-15-7-11-19-40-35/h4-19,21-23H,2-3,20,24-29H2,1H3. The van der Waals surface area contributed by atoms with Gasteiger partial charge in [-0.3, -0.25) is 29.7 Å². The zero-order valence-corrected chi connectivity index (χ0v) is 24.9. The Morgan fingerprint density at radius 3 is 1.23 bits per heavy atom. The summed E-state index contributed by atoms with van der Waals surface area (Å²) in [6.45, 7) is 7.26. The predicted octanol–water partition coefficient (Wildman–Crippen LogP) is 6.85. The molecule has 0 bridgehead atoms. The van der Waals surface area contributed by atoms with Crippen LogP contribution in [0.2, 0.25) is 0 Å². The average Bonchev–Trinajstić information content (AvgIpc) is 3.03. The maximum atomic E-state index is 6.28. The van der Waals surface area contributed by atoms with E-state index in [9.17, 15) is 0 Å². The van der Waals surface area contributed by atoms with E-state index < -0.39 is 0 Å². The third kappa shape index (κ3) is 10.1. The Morgan fingerprint density at radius 1 is 0.512 bits per heavy atom. The molecule has 1 aromatic carbocycles. The fourth-order valence-corrected chi connectivity index (χ4v) is 5.06. The zero-order chi connectivity index (χ0) is 29.5. The average molecular weight is 573 g/mol. The Hall–Kier alpha value is -4.46. The van der Waals surface area contributed by atoms with Crippen LogP contribution in [0.4, 0.5) is 0 Å². The molecule has 0 aliphatic carbocycles. The van der Waals surface area contributed by atoms with E-state index in [-0.39, 0.29) is 0 Å². The molecule has 0 N–H and O–H groups in total. The van der Waals surface area contributed by atoms with Gasteiger partial charge < -0.3 is 4.74 Å². The molecule has 0 saturated carbocycles. The molecule has 0 unspecified atom stereocenters. The second-order valence-electron chi connectivity index (χ2n) is 10.8. The summed E-state index contributed by atoms with van der Waals surface area (Å²) in [6, 6.07) is 31.0. The van der Waals surface area contributed by atoms with Gasteiger partial charge in [-0.15, -0.1) is 0 Å². The van der Waals surface area contributed by atoms with Gasteiger partial charge in [0.05, 0.1) is 29.4 Å². The summed E-state index contributed by atoms with van der Waals surface area (Å²) < 4.78 is 6.28. The molecule has 43 heavy (non-hydrogen) atoms. The van der Waals surface area contributed by atoms with E-state index in [0.717, 1.165) is 80.6 Å². The highest BCUT2D eigenvalue weighted by Crippen LogP contribution is 2.23. The first-order valence-corrected chi connectivity index (χ1v) is 15.0. The molecule has 0 radical (unpaired) electrons. The van der Waals surface area contributed by atoms with Gasteiger partial charge in [-0.2, -0.15) is 0 Å². The van der Waals surface area contributed by atoms with E-state index in [1.165, 1.54) is 11.1 Å². The maximum Gasteiger partial charge on any atom is 0.119 e. The van der Waals surface area contributed by atoms with Gasteiger partial charge in [-0.25, -0.2) is 0 Å². The molecular weight excluding hydrogens is 532 g/mol. The van der Waals surface area contributed by atoms with Gasteiger partial charge in [0, 0.05) is 64.1 Å². The first-order chi connectivity index (χ1) is 21.2. The minimum Gasteiger partial charge on any atom is -0.494 e. The second-order valence-corrected chi connectivity index (χ2v) is 10.8. The lowest BCUT2D eigenvalue weighted by atomic mass is 10.1. The van der Waals surface area contributed by atoms with Crippen LogP contribution in [0.1, 0.15) is 53.7 Å². The summed E-state index contributed by atoms with van der Waals surface area (Å²) in [5, 5.41) is 0. The van der Waals surface area contributed by atoms with Gasteiger partial charge in [0.1, 0.15) is 5.75 Å². The molecule has 0 aliphatic rings. The summed E-state index contributed by atoms with van der Waals surface area (Å²) in [5.41, 5.74) is 6.53. The number of ether oxygens (including phenoxy) is 1. The van der Waals surface area contributed by atoms with Crippen molar-refractivity contribution < 1.29 is 4.74 Å². The third-order valence-corrected chi connectivity index (χ3v) is 7.05. The van der Waals surface area contributed by atoms with Gasteiger partial charge >= 0.3 is 0 Å². The zero-order valence-electron chi connectivity index (χ0n) is 24.9. The number of nitrogens with zero attached hydrogens (tertiary/aromatic N) is 6. The van der Waals surface area contributed by atoms with Gasteiger partial charge in [0.15, 0.2) is 0 Å². The van der Waals surface area contributed by atoms with Crippen molar-refractivity contribution in [2.45, 2.75) is 59.0 Å². The van der Waals surface area contributed by atoms with Crippen molar-refractivity contribution >= 4 is 0 Å². The highest BCUT2D eigenvalue weighted by Gasteiger charge is 2.15. The Balaban J connectivity index is 1.41. The highest BCUT2D eigenvalue weighted by atomic mass is 16.5. The largest absolute Gasteiger partial charge is 0.494 e. The quantitative estimate of drug-likeness (QED) is 0.120. The van der Waals surface area contributed by atoms with Crippen LogP contribution in [-0.2, 0) is 39.3 Å². The SMILES string of the molecule is CCCCOc1cc(CN(Cc2ccccn2)Cc2ccccn2)cc(CN(Cc2ccccn2)Cc2ccccn2)c1. The van der Waals surface area contributed by atoms with E-state index in [2.05, 4.69) is 79.1 Å². The second kappa shape index (κ2) is 16.2. The van der Waals surface area contributed by atoms with E-state index >= 15 is 0 Å². The van der Waals surface area contributed by atoms with Gasteiger partial charge in [0.2, 0.25) is 0 Å². The number of aromatic nitrogens is 4. The Kier molecular flexibility index (Phi) is 11.3. The van der Waals surface area contributed by atoms with Crippen LogP contribution in [0.15, 0.2) is 116 Å². The fourth-order valence-electron chi connectivity index (χ4n) is 5.06. The number of hydrogen-bond donors (Lipinski definition) is 0. The van der Waals surface area contributed by atoms with Crippen LogP contribution in [0, 0.1) is 0 Å². The lowest BCUT2D eigenvalue weighted by Crippen LogP contribution is -2.25. The molecule has 4 aromatic heterocycles. The minimum atomic E-state index is 0.705. The molecular formula is C36H40N6O. The van der Waals surface area contributed by atoms with Crippen molar-refractivity contribution in [3.63, 3.8) is 0 Å². The molecule has 220 valence electrons. The topological polar surface area (TPSA) is 67.3 Å². The summed E-state index contributed by atoms with van der Waals surface area (Å²) in [7, 11) is 0. The molecule has 4 heterocycles. The van der Waals surface area contributed by atoms with Crippen molar-refractivity contribution in [1.82, 2.24) is 29.7 Å². The first-order valence-electron chi connectivity index (χ1n) is 15.0. The van der Waals surface area contributed by atoms with Crippen molar-refractivity contribution in [2.24, 2.45) is 0 Å². The normalized spacial score (nSPS) is 11.2. The lowest BCUT2D eigenvalue weighted by Gasteiger charge is -2.24. The Morgan fingerprint density at radius 2 is 0.907 bits per heavy atom. The van der Waals surface area contributed by atoms with E-state index in [1.807, 2.05) is 73.3 Å². The molecule has 7 nitrogen and oxygen atoms in total. The predicted molar refractivity (Wildman–Crippen MR) is 170 cm³/mol. The van der Waals surface area contributed by atoms with Crippen LogP contribution >= 0.6 is 0 Å². The molecule has 0 amide bonds. The molecule has 0 fully saturated rings. The molecule has 7 heteroatoms. The van der Waals surface area contributed by atoms with E-state index in [0.29, 0.717) is 6.61 Å². The number of pyridine rings is 4. The molecule has 0 saturated heterocycles. The molecule has 0 aliphatic heterocycles. The summed E-state index contributed by atoms with van der Waals surface area (Å²) in [6.07, 6.45) is 9.53. The summed E-state index contributed by atoms with van der Waals surface area (Å²) >= 11 is 0. The first kappa shape index (κ1) is 30.0. The van der Waals surface area contributed by atoms with Crippen molar-refractivity contribution in [3.05, 3.63) is 150 Å². The Bertz CT molecular complexity index is 1300. The Labute approximate surface area is 255 Å². The molecule has 0 atom stereocenters. The van der Waals surface area contributed by atoms with Gasteiger partial charge in [-0.1, -0.05) is 43.7 Å².